The molecule has 0 aliphatic carbocycles. The lowest BCUT2D eigenvalue weighted by Gasteiger charge is -2.50. The molecule has 5 heteroatoms. The van der Waals surface area contributed by atoms with E-state index in [0.717, 1.165) is 0 Å². The zero-order chi connectivity index (χ0) is 13.0. The monoisotopic (exact) mass is 239 g/mol. The van der Waals surface area contributed by atoms with Crippen molar-refractivity contribution in [1.82, 2.24) is 14.7 Å². The van der Waals surface area contributed by atoms with Crippen molar-refractivity contribution in [3.05, 3.63) is 0 Å². The molecule has 0 aromatic carbocycles. The molecule has 2 fully saturated rings. The van der Waals surface area contributed by atoms with Crippen LogP contribution in [-0.2, 0) is 4.79 Å². The first-order valence-electron chi connectivity index (χ1n) is 6.17. The van der Waals surface area contributed by atoms with Crippen molar-refractivity contribution >= 4 is 11.9 Å². The number of carbonyl (C=O) groups is 2. The van der Waals surface area contributed by atoms with Crippen molar-refractivity contribution in [3.8, 4) is 0 Å². The third kappa shape index (κ3) is 1.48. The standard InChI is InChI=1S/C12H21N3O2/c1-8(2)14-6-12(7-14)10(16)15(9(3)4)11(17)13(12)5/h8-9H,6-7H2,1-5H3. The number of nitrogens with zero attached hydrogens (tertiary/aromatic N) is 3. The van der Waals surface area contributed by atoms with E-state index in [4.69, 9.17) is 0 Å². The minimum Gasteiger partial charge on any atom is -0.310 e. The highest BCUT2D eigenvalue weighted by Crippen LogP contribution is 2.36. The summed E-state index contributed by atoms with van der Waals surface area (Å²) >= 11 is 0. The Morgan fingerprint density at radius 2 is 1.59 bits per heavy atom. The predicted octanol–water partition coefficient (Wildman–Crippen LogP) is 0.752. The summed E-state index contributed by atoms with van der Waals surface area (Å²) in [5.41, 5.74) is -0.592. The fourth-order valence-electron chi connectivity index (χ4n) is 2.59. The Hall–Kier alpha value is -1.10. The second-order valence-corrected chi connectivity index (χ2v) is 5.64. The quantitative estimate of drug-likeness (QED) is 0.668. The lowest BCUT2D eigenvalue weighted by atomic mass is 9.87. The Bertz CT molecular complexity index is 359. The summed E-state index contributed by atoms with van der Waals surface area (Å²) in [6, 6.07) is 0.198. The molecular weight excluding hydrogens is 218 g/mol. The maximum Gasteiger partial charge on any atom is 0.327 e. The molecule has 1 spiro atoms. The minimum atomic E-state index is -0.592. The van der Waals surface area contributed by atoms with Gasteiger partial charge in [0, 0.05) is 32.2 Å². The Balaban J connectivity index is 2.22. The SMILES string of the molecule is CC(C)N1CC2(C1)C(=O)N(C(C)C)C(=O)N2C. The minimum absolute atomic E-state index is 0.0306. The summed E-state index contributed by atoms with van der Waals surface area (Å²) in [5.74, 6) is -0.0306. The molecule has 17 heavy (non-hydrogen) atoms. The molecule has 5 nitrogen and oxygen atoms in total. The number of likely N-dealkylation sites (tertiary alicyclic amines) is 1. The van der Waals surface area contributed by atoms with Gasteiger partial charge in [-0.15, -0.1) is 0 Å². The molecule has 0 saturated carbocycles. The van der Waals surface area contributed by atoms with Gasteiger partial charge >= 0.3 is 6.03 Å². The molecule has 0 aromatic rings. The average molecular weight is 239 g/mol. The van der Waals surface area contributed by atoms with Gasteiger partial charge in [0.1, 0.15) is 5.54 Å². The van der Waals surface area contributed by atoms with Crippen LogP contribution in [0.3, 0.4) is 0 Å². The van der Waals surface area contributed by atoms with Gasteiger partial charge in [0.05, 0.1) is 0 Å². The molecule has 0 bridgehead atoms. The number of amides is 3. The van der Waals surface area contributed by atoms with Crippen LogP contribution in [0.5, 0.6) is 0 Å². The molecular formula is C12H21N3O2. The van der Waals surface area contributed by atoms with Gasteiger partial charge in [-0.25, -0.2) is 4.79 Å². The van der Waals surface area contributed by atoms with Crippen molar-refractivity contribution in [2.75, 3.05) is 20.1 Å². The number of hydrogen-bond acceptors (Lipinski definition) is 3. The van der Waals surface area contributed by atoms with E-state index in [1.807, 2.05) is 13.8 Å². The zero-order valence-electron chi connectivity index (χ0n) is 11.2. The van der Waals surface area contributed by atoms with E-state index in [0.29, 0.717) is 19.1 Å². The third-order valence-corrected chi connectivity index (χ3v) is 3.93. The van der Waals surface area contributed by atoms with Gasteiger partial charge in [0.25, 0.3) is 5.91 Å². The Kier molecular flexibility index (Phi) is 2.69. The van der Waals surface area contributed by atoms with E-state index < -0.39 is 5.54 Å². The summed E-state index contributed by atoms with van der Waals surface area (Å²) in [6.07, 6.45) is 0. The summed E-state index contributed by atoms with van der Waals surface area (Å²) in [4.78, 5) is 29.7. The van der Waals surface area contributed by atoms with Gasteiger partial charge in [-0.3, -0.25) is 14.6 Å². The van der Waals surface area contributed by atoms with Crippen LogP contribution in [0.2, 0.25) is 0 Å². The second kappa shape index (κ2) is 3.70. The van der Waals surface area contributed by atoms with Gasteiger partial charge in [-0.05, 0) is 27.7 Å². The summed E-state index contributed by atoms with van der Waals surface area (Å²) in [6.45, 7) is 9.29. The van der Waals surface area contributed by atoms with Crippen LogP contribution in [0.1, 0.15) is 27.7 Å². The van der Waals surface area contributed by atoms with E-state index in [1.54, 1.807) is 11.9 Å². The molecule has 96 valence electrons. The molecule has 3 amide bonds. The Labute approximate surface area is 102 Å². The van der Waals surface area contributed by atoms with Crippen LogP contribution < -0.4 is 0 Å². The van der Waals surface area contributed by atoms with E-state index >= 15 is 0 Å². The lowest BCUT2D eigenvalue weighted by molar-refractivity contribution is -0.143. The number of hydrogen-bond donors (Lipinski definition) is 0. The van der Waals surface area contributed by atoms with Gasteiger partial charge in [0.2, 0.25) is 0 Å². The zero-order valence-corrected chi connectivity index (χ0v) is 11.2. The highest BCUT2D eigenvalue weighted by molar-refractivity contribution is 6.08. The van der Waals surface area contributed by atoms with E-state index in [-0.39, 0.29) is 18.0 Å². The first-order chi connectivity index (χ1) is 7.81. The maximum atomic E-state index is 12.4. The van der Waals surface area contributed by atoms with Crippen LogP contribution in [-0.4, -0.2) is 64.4 Å². The molecule has 0 unspecified atom stereocenters. The van der Waals surface area contributed by atoms with Crippen molar-refractivity contribution in [3.63, 3.8) is 0 Å². The van der Waals surface area contributed by atoms with Crippen molar-refractivity contribution < 1.29 is 9.59 Å². The van der Waals surface area contributed by atoms with E-state index in [2.05, 4.69) is 18.7 Å². The molecule has 0 N–H and O–H groups in total. The molecule has 2 saturated heterocycles. The number of carbonyl (C=O) groups excluding carboxylic acids is 2. The molecule has 2 rings (SSSR count). The molecule has 2 aliphatic heterocycles. The fraction of sp³-hybridized carbons (Fsp3) is 0.833. The Morgan fingerprint density at radius 1 is 1.06 bits per heavy atom. The summed E-state index contributed by atoms with van der Waals surface area (Å²) < 4.78 is 0. The summed E-state index contributed by atoms with van der Waals surface area (Å²) in [5, 5.41) is 0. The maximum absolute atomic E-state index is 12.4. The molecule has 0 radical (unpaired) electrons. The van der Waals surface area contributed by atoms with E-state index in [1.165, 1.54) is 4.90 Å². The lowest BCUT2D eigenvalue weighted by Crippen LogP contribution is -2.72. The molecule has 2 heterocycles. The second-order valence-electron chi connectivity index (χ2n) is 5.64. The summed E-state index contributed by atoms with van der Waals surface area (Å²) in [7, 11) is 1.74. The van der Waals surface area contributed by atoms with Crippen molar-refractivity contribution in [1.29, 1.82) is 0 Å². The third-order valence-electron chi connectivity index (χ3n) is 3.93. The number of urea groups is 1. The molecule has 2 aliphatic rings. The van der Waals surface area contributed by atoms with E-state index in [9.17, 15) is 9.59 Å². The topological polar surface area (TPSA) is 43.9 Å². The average Bonchev–Trinajstić information content (AvgIpc) is 2.32. The first-order valence-corrected chi connectivity index (χ1v) is 6.17. The predicted molar refractivity (Wildman–Crippen MR) is 64.6 cm³/mol. The number of rotatable bonds is 2. The smallest absolute Gasteiger partial charge is 0.310 e. The van der Waals surface area contributed by atoms with Gasteiger partial charge in [-0.2, -0.15) is 0 Å². The van der Waals surface area contributed by atoms with Gasteiger partial charge < -0.3 is 4.90 Å². The number of likely N-dealkylation sites (N-methyl/N-ethyl adjacent to an activating group) is 1. The molecule has 0 aromatic heterocycles. The van der Waals surface area contributed by atoms with Gasteiger partial charge in [-0.1, -0.05) is 0 Å². The van der Waals surface area contributed by atoms with Gasteiger partial charge in [0.15, 0.2) is 0 Å². The fourth-order valence-corrected chi connectivity index (χ4v) is 2.59. The van der Waals surface area contributed by atoms with Crippen LogP contribution in [0.4, 0.5) is 4.79 Å². The highest BCUT2D eigenvalue weighted by Gasteiger charge is 2.62. The first kappa shape index (κ1) is 12.4. The van der Waals surface area contributed by atoms with Crippen LogP contribution in [0, 0.1) is 0 Å². The van der Waals surface area contributed by atoms with Crippen LogP contribution in [0.15, 0.2) is 0 Å². The van der Waals surface area contributed by atoms with Crippen LogP contribution >= 0.6 is 0 Å². The molecule has 0 atom stereocenters. The number of imide groups is 1. The Morgan fingerprint density at radius 3 is 1.94 bits per heavy atom. The highest BCUT2D eigenvalue weighted by atomic mass is 16.2. The van der Waals surface area contributed by atoms with Crippen LogP contribution in [0.25, 0.3) is 0 Å². The van der Waals surface area contributed by atoms with Crippen molar-refractivity contribution in [2.24, 2.45) is 0 Å². The normalized spacial score (nSPS) is 24.4. The largest absolute Gasteiger partial charge is 0.327 e. The van der Waals surface area contributed by atoms with Crippen molar-refractivity contribution in [2.45, 2.75) is 45.3 Å².